The summed E-state index contributed by atoms with van der Waals surface area (Å²) < 4.78 is 34.1. The highest BCUT2D eigenvalue weighted by Crippen LogP contribution is 2.28. The molecule has 1 aromatic heterocycles. The lowest BCUT2D eigenvalue weighted by molar-refractivity contribution is 0.305. The fraction of sp³-hybridized carbons (Fsp3) is 0.417. The Kier molecular flexibility index (Phi) is 6.44. The molecule has 30 heavy (non-hydrogen) atoms. The normalized spacial score (nSPS) is 16.6. The molecule has 0 aliphatic heterocycles. The van der Waals surface area contributed by atoms with E-state index in [0.29, 0.717) is 23.9 Å². The van der Waals surface area contributed by atoms with Crippen molar-refractivity contribution in [2.75, 3.05) is 4.72 Å². The molecule has 2 aromatic carbocycles. The van der Waals surface area contributed by atoms with Crippen molar-refractivity contribution in [1.29, 1.82) is 0 Å². The second-order valence-corrected chi connectivity index (χ2v) is 10.0. The molecule has 2 N–H and O–H groups in total. The number of furan rings is 1. The Morgan fingerprint density at radius 2 is 1.77 bits per heavy atom. The Balaban J connectivity index is 1.43. The first-order valence-corrected chi connectivity index (χ1v) is 12.3. The van der Waals surface area contributed by atoms with Crippen LogP contribution in [-0.2, 0) is 16.6 Å². The maximum atomic E-state index is 12.9. The van der Waals surface area contributed by atoms with Gasteiger partial charge in [-0.3, -0.25) is 4.72 Å². The first kappa shape index (κ1) is 20.9. The first-order chi connectivity index (χ1) is 14.5. The molecule has 0 amide bonds. The van der Waals surface area contributed by atoms with Crippen molar-refractivity contribution >= 4 is 26.7 Å². The highest BCUT2D eigenvalue weighted by Gasteiger charge is 2.21. The molecular weight excluding hydrogens is 396 g/mol. The molecule has 4 rings (SSSR count). The molecule has 3 aromatic rings. The van der Waals surface area contributed by atoms with E-state index in [9.17, 15) is 8.42 Å². The quantitative estimate of drug-likeness (QED) is 0.486. The van der Waals surface area contributed by atoms with Crippen molar-refractivity contribution in [3.63, 3.8) is 0 Å². The summed E-state index contributed by atoms with van der Waals surface area (Å²) in [5, 5.41) is 4.27. The van der Waals surface area contributed by atoms with Crippen LogP contribution < -0.4 is 10.0 Å². The summed E-state index contributed by atoms with van der Waals surface area (Å²) in [7, 11) is -3.80. The summed E-state index contributed by atoms with van der Waals surface area (Å²) in [6.45, 7) is 2.84. The zero-order chi connectivity index (χ0) is 21.0. The van der Waals surface area contributed by atoms with Gasteiger partial charge in [0.2, 0.25) is 5.09 Å². The summed E-state index contributed by atoms with van der Waals surface area (Å²) in [6.07, 6.45) is 7.91. The molecule has 6 heteroatoms. The van der Waals surface area contributed by atoms with Crippen molar-refractivity contribution in [3.05, 3.63) is 60.2 Å². The van der Waals surface area contributed by atoms with Crippen molar-refractivity contribution in [1.82, 2.24) is 5.32 Å². The number of fused-ring (bicyclic) bond motifs is 1. The smallest absolute Gasteiger partial charge is 0.295 e. The van der Waals surface area contributed by atoms with Gasteiger partial charge in [0.05, 0.1) is 5.69 Å². The SMILES string of the molecule is C[C@@H](CC1CCCCC1)NCc1ccccc1NS(=O)(=O)c1cc2ccccc2o1. The fourth-order valence-electron chi connectivity index (χ4n) is 4.35. The Morgan fingerprint density at radius 3 is 2.57 bits per heavy atom. The summed E-state index contributed by atoms with van der Waals surface area (Å²) in [5.41, 5.74) is 2.06. The molecule has 1 heterocycles. The zero-order valence-corrected chi connectivity index (χ0v) is 18.3. The predicted molar refractivity (Wildman–Crippen MR) is 121 cm³/mol. The van der Waals surface area contributed by atoms with Crippen LogP contribution in [-0.4, -0.2) is 14.5 Å². The molecule has 1 aliphatic rings. The van der Waals surface area contributed by atoms with Crippen LogP contribution in [0.5, 0.6) is 0 Å². The van der Waals surface area contributed by atoms with Gasteiger partial charge in [0.15, 0.2) is 0 Å². The second kappa shape index (κ2) is 9.23. The Morgan fingerprint density at radius 1 is 1.03 bits per heavy atom. The van der Waals surface area contributed by atoms with Crippen molar-refractivity contribution in [2.24, 2.45) is 5.92 Å². The number of anilines is 1. The Bertz CT molecular complexity index is 1050. The summed E-state index contributed by atoms with van der Waals surface area (Å²) in [4.78, 5) is 0. The largest absolute Gasteiger partial charge is 0.443 e. The van der Waals surface area contributed by atoms with Gasteiger partial charge in [0.25, 0.3) is 10.0 Å². The van der Waals surface area contributed by atoms with E-state index in [1.165, 1.54) is 38.5 Å². The van der Waals surface area contributed by atoms with Crippen LogP contribution in [0.15, 0.2) is 64.1 Å². The average molecular weight is 427 g/mol. The molecule has 1 saturated carbocycles. The van der Waals surface area contributed by atoms with E-state index < -0.39 is 10.0 Å². The molecule has 5 nitrogen and oxygen atoms in total. The molecule has 1 aliphatic carbocycles. The van der Waals surface area contributed by atoms with Gasteiger partial charge in [-0.15, -0.1) is 0 Å². The standard InChI is InChI=1S/C24H30N2O3S/c1-18(15-19-9-3-2-4-10-19)25-17-21-12-5-7-13-22(21)26-30(27,28)24-16-20-11-6-8-14-23(20)29-24/h5-8,11-14,16,18-19,25-26H,2-4,9-10,15,17H2,1H3/t18-/m0/s1. The topological polar surface area (TPSA) is 71.3 Å². The van der Waals surface area contributed by atoms with Crippen LogP contribution >= 0.6 is 0 Å². The van der Waals surface area contributed by atoms with Gasteiger partial charge in [-0.1, -0.05) is 68.5 Å². The van der Waals surface area contributed by atoms with E-state index >= 15 is 0 Å². The first-order valence-electron chi connectivity index (χ1n) is 10.8. The van der Waals surface area contributed by atoms with Crippen molar-refractivity contribution in [2.45, 2.75) is 63.1 Å². The van der Waals surface area contributed by atoms with Crippen molar-refractivity contribution in [3.8, 4) is 0 Å². The minimum atomic E-state index is -3.80. The van der Waals surface area contributed by atoms with E-state index in [1.807, 2.05) is 36.4 Å². The highest BCUT2D eigenvalue weighted by atomic mass is 32.2. The summed E-state index contributed by atoms with van der Waals surface area (Å²) in [6, 6.07) is 16.8. The second-order valence-electron chi connectivity index (χ2n) is 8.39. The van der Waals surface area contributed by atoms with E-state index in [1.54, 1.807) is 18.2 Å². The Hall–Kier alpha value is -2.31. The zero-order valence-electron chi connectivity index (χ0n) is 17.4. The number of para-hydroxylation sites is 2. The Labute approximate surface area is 178 Å². The molecule has 0 bridgehead atoms. The van der Waals surface area contributed by atoms with Gasteiger partial charge >= 0.3 is 0 Å². The lowest BCUT2D eigenvalue weighted by Crippen LogP contribution is -2.29. The van der Waals surface area contributed by atoms with E-state index in [2.05, 4.69) is 17.0 Å². The lowest BCUT2D eigenvalue weighted by Gasteiger charge is -2.25. The fourth-order valence-corrected chi connectivity index (χ4v) is 5.42. The van der Waals surface area contributed by atoms with E-state index in [4.69, 9.17) is 4.42 Å². The summed E-state index contributed by atoms with van der Waals surface area (Å²) in [5.74, 6) is 0.808. The van der Waals surface area contributed by atoms with E-state index in [0.717, 1.165) is 16.9 Å². The number of hydrogen-bond acceptors (Lipinski definition) is 4. The van der Waals surface area contributed by atoms with E-state index in [-0.39, 0.29) is 5.09 Å². The minimum absolute atomic E-state index is 0.0721. The molecule has 0 radical (unpaired) electrons. The van der Waals surface area contributed by atoms with Crippen LogP contribution in [0.2, 0.25) is 0 Å². The molecule has 160 valence electrons. The third kappa shape index (κ3) is 5.05. The van der Waals surface area contributed by atoms with Gasteiger partial charge in [-0.25, -0.2) is 0 Å². The molecule has 0 spiro atoms. The number of nitrogens with one attached hydrogen (secondary N) is 2. The van der Waals surface area contributed by atoms with Gasteiger partial charge in [-0.2, -0.15) is 8.42 Å². The van der Waals surface area contributed by atoms with Crippen molar-refractivity contribution < 1.29 is 12.8 Å². The van der Waals surface area contributed by atoms with Gasteiger partial charge in [-0.05, 0) is 37.0 Å². The number of hydrogen-bond donors (Lipinski definition) is 2. The maximum absolute atomic E-state index is 12.9. The third-order valence-electron chi connectivity index (χ3n) is 5.98. The third-order valence-corrected chi connectivity index (χ3v) is 7.20. The van der Waals surface area contributed by atoms with Crippen LogP contribution in [0, 0.1) is 5.92 Å². The van der Waals surface area contributed by atoms with Crippen LogP contribution in [0.1, 0.15) is 51.0 Å². The molecule has 1 fully saturated rings. The highest BCUT2D eigenvalue weighted by molar-refractivity contribution is 7.92. The monoisotopic (exact) mass is 426 g/mol. The van der Waals surface area contributed by atoms with Crippen LogP contribution in [0.3, 0.4) is 0 Å². The van der Waals surface area contributed by atoms with Gasteiger partial charge < -0.3 is 9.73 Å². The number of benzene rings is 2. The van der Waals surface area contributed by atoms with Gasteiger partial charge in [0.1, 0.15) is 5.58 Å². The van der Waals surface area contributed by atoms with Crippen LogP contribution in [0.25, 0.3) is 11.0 Å². The average Bonchev–Trinajstić information content (AvgIpc) is 3.19. The summed E-state index contributed by atoms with van der Waals surface area (Å²) >= 11 is 0. The molecular formula is C24H30N2O3S. The minimum Gasteiger partial charge on any atom is -0.443 e. The van der Waals surface area contributed by atoms with Gasteiger partial charge in [0, 0.05) is 24.0 Å². The number of sulfonamides is 1. The maximum Gasteiger partial charge on any atom is 0.295 e. The number of rotatable bonds is 8. The predicted octanol–water partition coefficient (Wildman–Crippen LogP) is 5.68. The molecule has 0 unspecified atom stereocenters. The van der Waals surface area contributed by atoms with Crippen LogP contribution in [0.4, 0.5) is 5.69 Å². The molecule has 1 atom stereocenters. The molecule has 0 saturated heterocycles. The lowest BCUT2D eigenvalue weighted by atomic mass is 9.85.